The number of Topliss-reactive ketones (excluding diaryl/α,β-unsaturated/α-hetero) is 1. The molecule has 6 nitrogen and oxygen atoms in total. The normalized spacial score (nSPS) is 11.2. The first-order valence-electron chi connectivity index (χ1n) is 10.8. The molecule has 6 heteroatoms. The molecule has 0 aromatic heterocycles. The summed E-state index contributed by atoms with van der Waals surface area (Å²) in [6.07, 6.45) is 5.61. The summed E-state index contributed by atoms with van der Waals surface area (Å²) in [5.41, 5.74) is 2.79. The quantitative estimate of drug-likeness (QED) is 0.301. The number of nitriles is 1. The number of aliphatic hydroxyl groups excluding tert-OH is 1. The molecule has 0 aliphatic rings. The first kappa shape index (κ1) is 28.1. The molecule has 2 N–H and O–H groups in total. The standard InChI is InChI=1S/C27H28N2O3.CH4O/c1-4-7-21(5-2)27(29)19-32-25-12-8-20(9-13-25)18-31-26-14-10-22(11-15-26)23(17-28)16-24(30)6-3;1-2/h4-5,7-15,23,29H,1-2,6,16,18-19H2,3H3;2H,1H3/b21-7+,29-27?;. The molecule has 178 valence electrons. The van der Waals surface area contributed by atoms with Gasteiger partial charge in [0.25, 0.3) is 0 Å². The monoisotopic (exact) mass is 460 g/mol. The van der Waals surface area contributed by atoms with E-state index >= 15 is 0 Å². The van der Waals surface area contributed by atoms with Crippen LogP contribution in [0.15, 0.2) is 85.5 Å². The number of nitrogens with zero attached hydrogens (tertiary/aromatic N) is 1. The van der Waals surface area contributed by atoms with Crippen molar-refractivity contribution in [3.05, 3.63) is 96.6 Å². The number of benzene rings is 2. The Morgan fingerprint density at radius 2 is 1.68 bits per heavy atom. The number of aliphatic hydroxyl groups is 1. The van der Waals surface area contributed by atoms with Crippen LogP contribution in [0.2, 0.25) is 0 Å². The van der Waals surface area contributed by atoms with Gasteiger partial charge in [0, 0.05) is 20.0 Å². The molecule has 0 saturated carbocycles. The van der Waals surface area contributed by atoms with Crippen molar-refractivity contribution in [1.82, 2.24) is 0 Å². The van der Waals surface area contributed by atoms with Crippen LogP contribution in [0.25, 0.3) is 0 Å². The number of hydrogen-bond acceptors (Lipinski definition) is 6. The minimum absolute atomic E-state index is 0.0792. The Labute approximate surface area is 202 Å². The van der Waals surface area contributed by atoms with Crippen LogP contribution in [0, 0.1) is 16.7 Å². The molecule has 2 aromatic carbocycles. The van der Waals surface area contributed by atoms with Crippen molar-refractivity contribution in [3.63, 3.8) is 0 Å². The fourth-order valence-corrected chi connectivity index (χ4v) is 2.91. The Morgan fingerprint density at radius 1 is 1.09 bits per heavy atom. The van der Waals surface area contributed by atoms with Crippen LogP contribution in [0.5, 0.6) is 11.5 Å². The van der Waals surface area contributed by atoms with E-state index in [-0.39, 0.29) is 18.8 Å². The Bertz CT molecular complexity index is 1020. The lowest BCUT2D eigenvalue weighted by Gasteiger charge is -2.11. The molecule has 0 amide bonds. The van der Waals surface area contributed by atoms with E-state index in [0.29, 0.717) is 35.8 Å². The van der Waals surface area contributed by atoms with Crippen molar-refractivity contribution >= 4 is 11.5 Å². The first-order valence-corrected chi connectivity index (χ1v) is 10.8. The number of ether oxygens (including phenoxy) is 2. The van der Waals surface area contributed by atoms with E-state index in [9.17, 15) is 10.1 Å². The molecule has 2 rings (SSSR count). The van der Waals surface area contributed by atoms with E-state index in [1.54, 1.807) is 25.2 Å². The van der Waals surface area contributed by atoms with Crippen LogP contribution in [-0.2, 0) is 11.4 Å². The highest BCUT2D eigenvalue weighted by Crippen LogP contribution is 2.23. The predicted octanol–water partition coefficient (Wildman–Crippen LogP) is 5.55. The second kappa shape index (κ2) is 15.8. The summed E-state index contributed by atoms with van der Waals surface area (Å²) < 4.78 is 11.5. The number of nitrogens with one attached hydrogen (secondary N) is 1. The SMILES string of the molecule is C=C/C=C(\C=C)C(=N)COc1ccc(COc2ccc(C(C#N)CC(=O)CC)cc2)cc1.CO. The number of rotatable bonds is 13. The van der Waals surface area contributed by atoms with Crippen LogP contribution in [-0.4, -0.2) is 30.3 Å². The van der Waals surface area contributed by atoms with Crippen LogP contribution in [0.4, 0.5) is 0 Å². The van der Waals surface area contributed by atoms with Gasteiger partial charge in [0.2, 0.25) is 0 Å². The van der Waals surface area contributed by atoms with Gasteiger partial charge in [-0.15, -0.1) is 0 Å². The molecule has 2 aromatic rings. The van der Waals surface area contributed by atoms with Gasteiger partial charge in [0.1, 0.15) is 30.5 Å². The zero-order chi connectivity index (χ0) is 25.3. The van der Waals surface area contributed by atoms with Crippen LogP contribution in [0.3, 0.4) is 0 Å². The second-order valence-electron chi connectivity index (χ2n) is 7.11. The molecule has 0 bridgehead atoms. The zero-order valence-corrected chi connectivity index (χ0v) is 19.8. The van der Waals surface area contributed by atoms with E-state index in [1.807, 2.05) is 48.5 Å². The lowest BCUT2D eigenvalue weighted by molar-refractivity contribution is -0.118. The molecule has 0 heterocycles. The van der Waals surface area contributed by atoms with Crippen molar-refractivity contribution in [3.8, 4) is 17.6 Å². The highest BCUT2D eigenvalue weighted by molar-refractivity contribution is 6.01. The Balaban J connectivity index is 0.00000281. The Morgan fingerprint density at radius 3 is 2.21 bits per heavy atom. The number of hydrogen-bond donors (Lipinski definition) is 2. The molecule has 1 unspecified atom stereocenters. The summed E-state index contributed by atoms with van der Waals surface area (Å²) in [4.78, 5) is 11.6. The summed E-state index contributed by atoms with van der Waals surface area (Å²) in [7, 11) is 1.00. The van der Waals surface area contributed by atoms with E-state index in [0.717, 1.165) is 18.2 Å². The third kappa shape index (κ3) is 9.27. The van der Waals surface area contributed by atoms with E-state index < -0.39 is 5.92 Å². The Hall–Kier alpha value is -3.95. The van der Waals surface area contributed by atoms with Crippen molar-refractivity contribution in [2.24, 2.45) is 0 Å². The maximum absolute atomic E-state index is 11.6. The van der Waals surface area contributed by atoms with Crippen molar-refractivity contribution in [2.75, 3.05) is 13.7 Å². The van der Waals surface area contributed by atoms with Gasteiger partial charge in [-0.05, 0) is 41.0 Å². The minimum atomic E-state index is -0.430. The zero-order valence-electron chi connectivity index (χ0n) is 19.8. The number of carbonyl (C=O) groups excluding carboxylic acids is 1. The topological polar surface area (TPSA) is 103 Å². The second-order valence-corrected chi connectivity index (χ2v) is 7.11. The van der Waals surface area contributed by atoms with Crippen LogP contribution in [0.1, 0.15) is 36.8 Å². The third-order valence-corrected chi connectivity index (χ3v) is 4.84. The lowest BCUT2D eigenvalue weighted by Crippen LogP contribution is -2.11. The average Bonchev–Trinajstić information content (AvgIpc) is 2.89. The summed E-state index contributed by atoms with van der Waals surface area (Å²) >= 11 is 0. The molecule has 0 spiro atoms. The maximum Gasteiger partial charge on any atom is 0.134 e. The maximum atomic E-state index is 11.6. The van der Waals surface area contributed by atoms with Crippen molar-refractivity contribution in [1.29, 1.82) is 10.7 Å². The van der Waals surface area contributed by atoms with Crippen LogP contribution >= 0.6 is 0 Å². The number of ketones is 1. The highest BCUT2D eigenvalue weighted by atomic mass is 16.5. The summed E-state index contributed by atoms with van der Waals surface area (Å²) in [5, 5.41) is 24.4. The fourth-order valence-electron chi connectivity index (χ4n) is 2.91. The Kier molecular flexibility index (Phi) is 13.0. The summed E-state index contributed by atoms with van der Waals surface area (Å²) in [5.74, 6) is 0.997. The van der Waals surface area contributed by atoms with Crippen LogP contribution < -0.4 is 9.47 Å². The van der Waals surface area contributed by atoms with Gasteiger partial charge in [-0.25, -0.2) is 0 Å². The minimum Gasteiger partial charge on any atom is -0.489 e. The van der Waals surface area contributed by atoms with Crippen molar-refractivity contribution < 1.29 is 19.4 Å². The van der Waals surface area contributed by atoms with Gasteiger partial charge >= 0.3 is 0 Å². The smallest absolute Gasteiger partial charge is 0.134 e. The predicted molar refractivity (Wildman–Crippen MR) is 135 cm³/mol. The molecule has 0 radical (unpaired) electrons. The molecular weight excluding hydrogens is 428 g/mol. The van der Waals surface area contributed by atoms with E-state index in [4.69, 9.17) is 20.0 Å². The number of carbonyl (C=O) groups is 1. The van der Waals surface area contributed by atoms with Gasteiger partial charge in [0.05, 0.1) is 17.7 Å². The highest BCUT2D eigenvalue weighted by Gasteiger charge is 2.14. The van der Waals surface area contributed by atoms with Gasteiger partial charge in [-0.2, -0.15) is 5.26 Å². The van der Waals surface area contributed by atoms with Crippen molar-refractivity contribution in [2.45, 2.75) is 32.3 Å². The molecule has 34 heavy (non-hydrogen) atoms. The molecule has 0 fully saturated rings. The largest absolute Gasteiger partial charge is 0.489 e. The summed E-state index contributed by atoms with van der Waals surface area (Å²) in [6, 6.07) is 17.0. The van der Waals surface area contributed by atoms with Gasteiger partial charge in [-0.1, -0.05) is 62.6 Å². The molecule has 0 saturated heterocycles. The molecule has 1 atom stereocenters. The fraction of sp³-hybridized carbons (Fsp3) is 0.250. The molecular formula is C28H32N2O4. The van der Waals surface area contributed by atoms with E-state index in [1.165, 1.54) is 0 Å². The van der Waals surface area contributed by atoms with Gasteiger partial charge < -0.3 is 20.0 Å². The summed E-state index contributed by atoms with van der Waals surface area (Å²) in [6.45, 7) is 9.65. The lowest BCUT2D eigenvalue weighted by atomic mass is 9.94. The average molecular weight is 461 g/mol. The number of allylic oxidation sites excluding steroid dienone is 3. The van der Waals surface area contributed by atoms with E-state index in [2.05, 4.69) is 19.2 Å². The van der Waals surface area contributed by atoms with Gasteiger partial charge in [0.15, 0.2) is 0 Å². The molecule has 0 aliphatic carbocycles. The van der Waals surface area contributed by atoms with Gasteiger partial charge in [-0.3, -0.25) is 4.79 Å². The third-order valence-electron chi connectivity index (χ3n) is 4.84. The molecule has 0 aliphatic heterocycles. The first-order chi connectivity index (χ1) is 16.5.